The molecule has 9 heteroatoms. The van der Waals surface area contributed by atoms with E-state index >= 15 is 0 Å². The number of anilines is 2. The molecule has 0 bridgehead atoms. The minimum Gasteiger partial charge on any atom is -0.495 e. The zero-order valence-electron chi connectivity index (χ0n) is 17.1. The lowest BCUT2D eigenvalue weighted by molar-refractivity contribution is -0.137. The second kappa shape index (κ2) is 9.42. The number of hydrogen-bond donors (Lipinski definition) is 2. The molecule has 0 aliphatic rings. The molecule has 0 unspecified atom stereocenters. The summed E-state index contributed by atoms with van der Waals surface area (Å²) in [5.74, 6) is 1.07. The second-order valence-electron chi connectivity index (χ2n) is 6.70. The minimum absolute atomic E-state index is 0.0481. The highest BCUT2D eigenvalue weighted by molar-refractivity contribution is 6.00. The SMILES string of the molecule is COc1ccc(C(F)(F)F)cc1NC(=O)Nc1ccc(Oc2ccc(C(C)=O)cc2)cc1. The Morgan fingerprint density at radius 3 is 1.97 bits per heavy atom. The monoisotopic (exact) mass is 444 g/mol. The first-order valence-electron chi connectivity index (χ1n) is 9.38. The molecular weight excluding hydrogens is 425 g/mol. The molecule has 2 N–H and O–H groups in total. The Labute approximate surface area is 182 Å². The first-order chi connectivity index (χ1) is 15.2. The van der Waals surface area contributed by atoms with E-state index in [-0.39, 0.29) is 17.2 Å². The Balaban J connectivity index is 1.64. The van der Waals surface area contributed by atoms with Gasteiger partial charge in [0.1, 0.15) is 17.2 Å². The van der Waals surface area contributed by atoms with Crippen molar-refractivity contribution < 1.29 is 32.2 Å². The zero-order valence-corrected chi connectivity index (χ0v) is 17.1. The number of nitrogens with one attached hydrogen (secondary N) is 2. The molecule has 0 aliphatic heterocycles. The highest BCUT2D eigenvalue weighted by atomic mass is 19.4. The summed E-state index contributed by atoms with van der Waals surface area (Å²) in [5, 5.41) is 4.89. The summed E-state index contributed by atoms with van der Waals surface area (Å²) in [6.45, 7) is 1.47. The van der Waals surface area contributed by atoms with Gasteiger partial charge in [0.2, 0.25) is 0 Å². The standard InChI is InChI=1S/C23H19F3N2O4/c1-14(29)15-3-8-18(9-4-15)32-19-10-6-17(7-11-19)27-22(30)28-20-13-16(23(24,25)26)5-12-21(20)31-2/h3-13H,1-2H3,(H2,27,28,30). The van der Waals surface area contributed by atoms with Gasteiger partial charge in [-0.3, -0.25) is 4.79 Å². The number of amides is 2. The minimum atomic E-state index is -4.55. The van der Waals surface area contributed by atoms with Gasteiger partial charge in [-0.15, -0.1) is 0 Å². The van der Waals surface area contributed by atoms with Gasteiger partial charge in [0.05, 0.1) is 18.4 Å². The molecule has 0 atom stereocenters. The quantitative estimate of drug-likeness (QED) is 0.434. The number of hydrogen-bond acceptors (Lipinski definition) is 4. The van der Waals surface area contributed by atoms with Crippen LogP contribution in [0.1, 0.15) is 22.8 Å². The molecule has 0 spiro atoms. The number of halogens is 3. The largest absolute Gasteiger partial charge is 0.495 e. The molecule has 32 heavy (non-hydrogen) atoms. The Hall–Kier alpha value is -4.01. The lowest BCUT2D eigenvalue weighted by Crippen LogP contribution is -2.20. The number of rotatable bonds is 6. The molecule has 3 aromatic rings. The molecule has 6 nitrogen and oxygen atoms in total. The summed E-state index contributed by atoms with van der Waals surface area (Å²) in [4.78, 5) is 23.6. The molecule has 0 saturated heterocycles. The number of benzene rings is 3. The molecule has 166 valence electrons. The summed E-state index contributed by atoms with van der Waals surface area (Å²) in [6.07, 6.45) is -4.55. The van der Waals surface area contributed by atoms with Crippen molar-refractivity contribution in [3.05, 3.63) is 77.9 Å². The fourth-order valence-electron chi connectivity index (χ4n) is 2.77. The number of methoxy groups -OCH3 is 1. The van der Waals surface area contributed by atoms with E-state index < -0.39 is 17.8 Å². The highest BCUT2D eigenvalue weighted by Gasteiger charge is 2.31. The van der Waals surface area contributed by atoms with Gasteiger partial charge in [0, 0.05) is 11.3 Å². The Morgan fingerprint density at radius 2 is 1.44 bits per heavy atom. The molecule has 0 saturated carbocycles. The number of ether oxygens (including phenoxy) is 2. The summed E-state index contributed by atoms with van der Waals surface area (Å²) in [7, 11) is 1.29. The first-order valence-corrected chi connectivity index (χ1v) is 9.38. The van der Waals surface area contributed by atoms with Crippen LogP contribution in [0.15, 0.2) is 66.7 Å². The Bertz CT molecular complexity index is 1110. The fraction of sp³-hybridized carbons (Fsp3) is 0.130. The van der Waals surface area contributed by atoms with E-state index in [0.717, 1.165) is 18.2 Å². The molecule has 0 fully saturated rings. The number of carbonyl (C=O) groups is 2. The van der Waals surface area contributed by atoms with Gasteiger partial charge in [0.15, 0.2) is 5.78 Å². The molecule has 0 radical (unpaired) electrons. The normalized spacial score (nSPS) is 10.9. The third-order valence-electron chi connectivity index (χ3n) is 4.38. The predicted octanol–water partition coefficient (Wildman–Crippen LogP) is 6.35. The molecule has 3 aromatic carbocycles. The van der Waals surface area contributed by atoms with Crippen LogP contribution >= 0.6 is 0 Å². The molecule has 0 heterocycles. The molecule has 0 aromatic heterocycles. The third-order valence-corrected chi connectivity index (χ3v) is 4.38. The summed E-state index contributed by atoms with van der Waals surface area (Å²) in [6, 6.07) is 15.1. The Morgan fingerprint density at radius 1 is 0.844 bits per heavy atom. The van der Waals surface area contributed by atoms with E-state index in [0.29, 0.717) is 22.7 Å². The van der Waals surface area contributed by atoms with Gasteiger partial charge in [0.25, 0.3) is 0 Å². The van der Waals surface area contributed by atoms with Crippen molar-refractivity contribution >= 4 is 23.2 Å². The first kappa shape index (κ1) is 22.7. The van der Waals surface area contributed by atoms with E-state index in [2.05, 4.69) is 10.6 Å². The van der Waals surface area contributed by atoms with Crippen molar-refractivity contribution in [2.24, 2.45) is 0 Å². The lowest BCUT2D eigenvalue weighted by Gasteiger charge is -2.14. The van der Waals surface area contributed by atoms with Crippen LogP contribution in [0.2, 0.25) is 0 Å². The average molecular weight is 444 g/mol. The Kier molecular flexibility index (Phi) is 6.67. The van der Waals surface area contributed by atoms with Crippen molar-refractivity contribution in [3.8, 4) is 17.2 Å². The molecule has 0 aliphatic carbocycles. The van der Waals surface area contributed by atoms with Gasteiger partial charge < -0.3 is 20.1 Å². The van der Waals surface area contributed by atoms with Gasteiger partial charge >= 0.3 is 12.2 Å². The maximum absolute atomic E-state index is 12.9. The predicted molar refractivity (Wildman–Crippen MR) is 114 cm³/mol. The van der Waals surface area contributed by atoms with Crippen LogP contribution in [0.5, 0.6) is 17.2 Å². The van der Waals surface area contributed by atoms with Crippen LogP contribution in [-0.4, -0.2) is 18.9 Å². The summed E-state index contributed by atoms with van der Waals surface area (Å²) >= 11 is 0. The molecule has 2 amide bonds. The van der Waals surface area contributed by atoms with Gasteiger partial charge in [-0.25, -0.2) is 4.79 Å². The lowest BCUT2D eigenvalue weighted by atomic mass is 10.1. The molecule has 3 rings (SSSR count). The maximum atomic E-state index is 12.9. The third kappa shape index (κ3) is 5.78. The molecular formula is C23H19F3N2O4. The van der Waals surface area contributed by atoms with E-state index in [9.17, 15) is 22.8 Å². The zero-order chi connectivity index (χ0) is 23.3. The average Bonchev–Trinajstić information content (AvgIpc) is 2.75. The van der Waals surface area contributed by atoms with Crippen molar-refractivity contribution in [2.45, 2.75) is 13.1 Å². The van der Waals surface area contributed by atoms with E-state index in [1.165, 1.54) is 14.0 Å². The van der Waals surface area contributed by atoms with Gasteiger partial charge in [-0.2, -0.15) is 13.2 Å². The van der Waals surface area contributed by atoms with Crippen LogP contribution in [0, 0.1) is 0 Å². The number of alkyl halides is 3. The maximum Gasteiger partial charge on any atom is 0.416 e. The van der Waals surface area contributed by atoms with Crippen molar-refractivity contribution in [1.82, 2.24) is 0 Å². The fourth-order valence-corrected chi connectivity index (χ4v) is 2.77. The van der Waals surface area contributed by atoms with Gasteiger partial charge in [-0.05, 0) is 73.7 Å². The summed E-state index contributed by atoms with van der Waals surface area (Å²) < 4.78 is 49.5. The van der Waals surface area contributed by atoms with E-state index in [1.807, 2.05) is 0 Å². The van der Waals surface area contributed by atoms with Gasteiger partial charge in [-0.1, -0.05) is 0 Å². The van der Waals surface area contributed by atoms with Crippen LogP contribution in [-0.2, 0) is 6.18 Å². The van der Waals surface area contributed by atoms with Crippen LogP contribution < -0.4 is 20.1 Å². The highest BCUT2D eigenvalue weighted by Crippen LogP contribution is 2.35. The van der Waals surface area contributed by atoms with E-state index in [1.54, 1.807) is 48.5 Å². The van der Waals surface area contributed by atoms with Crippen molar-refractivity contribution in [3.63, 3.8) is 0 Å². The van der Waals surface area contributed by atoms with Crippen LogP contribution in [0.3, 0.4) is 0 Å². The number of urea groups is 1. The van der Waals surface area contributed by atoms with E-state index in [4.69, 9.17) is 9.47 Å². The smallest absolute Gasteiger partial charge is 0.416 e. The van der Waals surface area contributed by atoms with Crippen molar-refractivity contribution in [1.29, 1.82) is 0 Å². The van der Waals surface area contributed by atoms with Crippen LogP contribution in [0.25, 0.3) is 0 Å². The second-order valence-corrected chi connectivity index (χ2v) is 6.70. The van der Waals surface area contributed by atoms with Crippen LogP contribution in [0.4, 0.5) is 29.3 Å². The number of Topliss-reactive ketones (excluding diaryl/α,β-unsaturated/α-hetero) is 1. The number of carbonyl (C=O) groups excluding carboxylic acids is 2. The topological polar surface area (TPSA) is 76.7 Å². The number of ketones is 1. The van der Waals surface area contributed by atoms with Crippen molar-refractivity contribution in [2.75, 3.05) is 17.7 Å². The summed E-state index contributed by atoms with van der Waals surface area (Å²) in [5.41, 5.74) is -0.0618.